The predicted octanol–water partition coefficient (Wildman–Crippen LogP) is -3.52. The Morgan fingerprint density at radius 3 is 2.75 bits per heavy atom. The van der Waals surface area contributed by atoms with Gasteiger partial charge in [-0.3, -0.25) is 4.57 Å². The highest BCUT2D eigenvalue weighted by atomic mass is 16.6. The number of fused-ring (bicyclic) bond motifs is 1. The number of hydrogen-bond acceptors (Lipinski definition) is 9. The second-order valence-corrected chi connectivity index (χ2v) is 4.34. The van der Waals surface area contributed by atoms with E-state index >= 15 is 0 Å². The standard InChI is InChI=1S/C9H12N6O5/c10-7-12-8-14(2-11-15(8)9(19)13-7)6-5(18)4(17)3(1-16)20-6/h2-6,16-18H,1H2,(H2,10,13,19)/t3-,4-,5-,6-/m1/s1. The van der Waals surface area contributed by atoms with Crippen LogP contribution in [0.1, 0.15) is 6.23 Å². The monoisotopic (exact) mass is 284 g/mol. The summed E-state index contributed by atoms with van der Waals surface area (Å²) in [6, 6.07) is 0. The van der Waals surface area contributed by atoms with E-state index in [0.717, 1.165) is 4.52 Å². The third kappa shape index (κ3) is 1.76. The molecule has 20 heavy (non-hydrogen) atoms. The average molecular weight is 284 g/mol. The fourth-order valence-electron chi connectivity index (χ4n) is 2.12. The van der Waals surface area contributed by atoms with Crippen molar-refractivity contribution in [3.63, 3.8) is 0 Å². The number of aliphatic hydroxyl groups is 3. The molecule has 0 aromatic carbocycles. The summed E-state index contributed by atoms with van der Waals surface area (Å²) in [5, 5.41) is 32.5. The van der Waals surface area contributed by atoms with Gasteiger partial charge in [-0.1, -0.05) is 0 Å². The van der Waals surface area contributed by atoms with E-state index in [1.165, 1.54) is 10.9 Å². The van der Waals surface area contributed by atoms with E-state index in [9.17, 15) is 15.0 Å². The second kappa shape index (κ2) is 4.49. The Bertz CT molecular complexity index is 698. The minimum Gasteiger partial charge on any atom is -0.394 e. The number of anilines is 1. The Labute approximate surface area is 110 Å². The molecule has 4 atom stereocenters. The van der Waals surface area contributed by atoms with Gasteiger partial charge in [-0.2, -0.15) is 15.1 Å². The Balaban J connectivity index is 2.09. The number of aliphatic hydroxyl groups excluding tert-OH is 3. The van der Waals surface area contributed by atoms with Gasteiger partial charge in [0.15, 0.2) is 6.23 Å². The van der Waals surface area contributed by atoms with Gasteiger partial charge in [0.25, 0.3) is 0 Å². The molecule has 1 saturated heterocycles. The van der Waals surface area contributed by atoms with E-state index in [4.69, 9.17) is 15.6 Å². The van der Waals surface area contributed by atoms with Crippen LogP contribution in [0, 0.1) is 0 Å². The largest absolute Gasteiger partial charge is 0.394 e. The molecular formula is C9H12N6O5. The quantitative estimate of drug-likeness (QED) is 0.438. The van der Waals surface area contributed by atoms with E-state index in [1.807, 2.05) is 0 Å². The molecule has 0 aliphatic carbocycles. The van der Waals surface area contributed by atoms with Crippen LogP contribution in [0.3, 0.4) is 0 Å². The molecule has 11 nitrogen and oxygen atoms in total. The van der Waals surface area contributed by atoms with Gasteiger partial charge < -0.3 is 25.8 Å². The second-order valence-electron chi connectivity index (χ2n) is 4.34. The summed E-state index contributed by atoms with van der Waals surface area (Å²) < 4.78 is 7.44. The molecule has 0 spiro atoms. The maximum absolute atomic E-state index is 11.6. The Kier molecular flexibility index (Phi) is 2.90. The first-order valence-electron chi connectivity index (χ1n) is 5.74. The molecule has 0 unspecified atom stereocenters. The van der Waals surface area contributed by atoms with Gasteiger partial charge in [0, 0.05) is 0 Å². The predicted molar refractivity (Wildman–Crippen MR) is 62.5 cm³/mol. The fourth-order valence-corrected chi connectivity index (χ4v) is 2.12. The molecular weight excluding hydrogens is 272 g/mol. The van der Waals surface area contributed by atoms with Crippen LogP contribution in [0.25, 0.3) is 5.78 Å². The highest BCUT2D eigenvalue weighted by Crippen LogP contribution is 2.29. The minimum absolute atomic E-state index is 0.0114. The molecule has 3 heterocycles. The zero-order valence-corrected chi connectivity index (χ0v) is 10.1. The van der Waals surface area contributed by atoms with Crippen molar-refractivity contribution in [3.8, 4) is 0 Å². The molecule has 0 bridgehead atoms. The lowest BCUT2D eigenvalue weighted by molar-refractivity contribution is -0.0512. The summed E-state index contributed by atoms with van der Waals surface area (Å²) in [7, 11) is 0. The van der Waals surface area contributed by atoms with Crippen molar-refractivity contribution < 1.29 is 20.1 Å². The molecule has 2 aromatic rings. The summed E-state index contributed by atoms with van der Waals surface area (Å²) >= 11 is 0. The van der Waals surface area contributed by atoms with Crippen LogP contribution in [0.15, 0.2) is 11.1 Å². The summed E-state index contributed by atoms with van der Waals surface area (Å²) in [6.07, 6.45) is -3.36. The average Bonchev–Trinajstić information content (AvgIpc) is 2.93. The summed E-state index contributed by atoms with van der Waals surface area (Å²) in [5.74, 6) is -0.235. The molecule has 1 aliphatic rings. The van der Waals surface area contributed by atoms with Crippen LogP contribution in [-0.4, -0.2) is 64.4 Å². The van der Waals surface area contributed by atoms with Gasteiger partial charge >= 0.3 is 5.69 Å². The number of hydrogen-bond donors (Lipinski definition) is 4. The smallest absolute Gasteiger partial charge is 0.374 e. The maximum Gasteiger partial charge on any atom is 0.374 e. The molecule has 3 rings (SSSR count). The zero-order chi connectivity index (χ0) is 14.4. The van der Waals surface area contributed by atoms with Crippen LogP contribution in [0.5, 0.6) is 0 Å². The van der Waals surface area contributed by atoms with Crippen molar-refractivity contribution in [1.82, 2.24) is 24.1 Å². The highest BCUT2D eigenvalue weighted by molar-refractivity contribution is 5.32. The lowest BCUT2D eigenvalue weighted by atomic mass is 10.1. The van der Waals surface area contributed by atoms with E-state index in [0.29, 0.717) is 0 Å². The van der Waals surface area contributed by atoms with Crippen molar-refractivity contribution in [2.75, 3.05) is 12.3 Å². The molecule has 1 aliphatic heterocycles. The SMILES string of the molecule is Nc1nc(=O)n2ncn([C@@H]3O[C@H](CO)[C@@H](O)[C@H]3O)c2n1. The van der Waals surface area contributed by atoms with Crippen molar-refractivity contribution >= 4 is 11.7 Å². The topological polar surface area (TPSA) is 161 Å². The third-order valence-corrected chi connectivity index (χ3v) is 3.11. The Hall–Kier alpha value is -2.08. The summed E-state index contributed by atoms with van der Waals surface area (Å²) in [5.41, 5.74) is 4.67. The van der Waals surface area contributed by atoms with Gasteiger partial charge in [0.1, 0.15) is 24.6 Å². The van der Waals surface area contributed by atoms with E-state index in [1.54, 1.807) is 0 Å². The van der Waals surface area contributed by atoms with Crippen LogP contribution < -0.4 is 11.4 Å². The lowest BCUT2D eigenvalue weighted by Crippen LogP contribution is -2.33. The number of ether oxygens (including phenoxy) is 1. The van der Waals surface area contributed by atoms with Crippen molar-refractivity contribution in [3.05, 3.63) is 16.8 Å². The summed E-state index contributed by atoms with van der Waals surface area (Å²) in [4.78, 5) is 18.8. The van der Waals surface area contributed by atoms with Crippen LogP contribution in [0.2, 0.25) is 0 Å². The van der Waals surface area contributed by atoms with Crippen LogP contribution >= 0.6 is 0 Å². The Morgan fingerprint density at radius 2 is 2.10 bits per heavy atom. The number of nitrogens with zero attached hydrogens (tertiary/aromatic N) is 5. The third-order valence-electron chi connectivity index (χ3n) is 3.11. The van der Waals surface area contributed by atoms with Crippen molar-refractivity contribution in [1.29, 1.82) is 0 Å². The van der Waals surface area contributed by atoms with Crippen molar-refractivity contribution in [2.45, 2.75) is 24.5 Å². The Morgan fingerprint density at radius 1 is 1.35 bits per heavy atom. The van der Waals surface area contributed by atoms with E-state index in [-0.39, 0.29) is 11.7 Å². The van der Waals surface area contributed by atoms with Gasteiger partial charge in [-0.05, 0) is 0 Å². The normalized spacial score (nSPS) is 30.1. The molecule has 0 saturated carbocycles. The number of nitrogen functional groups attached to an aromatic ring is 1. The fraction of sp³-hybridized carbons (Fsp3) is 0.556. The van der Waals surface area contributed by atoms with E-state index < -0.39 is 36.8 Å². The molecule has 5 N–H and O–H groups in total. The first-order chi connectivity index (χ1) is 9.52. The molecule has 0 amide bonds. The molecule has 1 fully saturated rings. The summed E-state index contributed by atoms with van der Waals surface area (Å²) in [6.45, 7) is -0.460. The molecule has 2 aromatic heterocycles. The molecule has 108 valence electrons. The zero-order valence-electron chi connectivity index (χ0n) is 10.1. The first kappa shape index (κ1) is 12.9. The van der Waals surface area contributed by atoms with E-state index in [2.05, 4.69) is 15.1 Å². The minimum atomic E-state index is -1.31. The maximum atomic E-state index is 11.6. The van der Waals surface area contributed by atoms with Gasteiger partial charge in [-0.15, -0.1) is 4.52 Å². The van der Waals surface area contributed by atoms with Crippen molar-refractivity contribution in [2.24, 2.45) is 0 Å². The first-order valence-corrected chi connectivity index (χ1v) is 5.74. The molecule has 0 radical (unpaired) electrons. The van der Waals surface area contributed by atoms with Crippen LogP contribution in [-0.2, 0) is 4.74 Å². The van der Waals surface area contributed by atoms with Gasteiger partial charge in [-0.25, -0.2) is 4.79 Å². The van der Waals surface area contributed by atoms with Gasteiger partial charge in [0.05, 0.1) is 6.61 Å². The number of nitrogens with two attached hydrogens (primary N) is 1. The molecule has 11 heteroatoms. The number of aromatic nitrogens is 5. The van der Waals surface area contributed by atoms with Crippen LogP contribution in [0.4, 0.5) is 5.95 Å². The lowest BCUT2D eigenvalue weighted by Gasteiger charge is -2.15. The van der Waals surface area contributed by atoms with Gasteiger partial charge in [0.2, 0.25) is 11.7 Å². The number of rotatable bonds is 2. The highest BCUT2D eigenvalue weighted by Gasteiger charge is 2.44.